The lowest BCUT2D eigenvalue weighted by atomic mass is 9.91. The Hall–Kier alpha value is -0.830. The van der Waals surface area contributed by atoms with Crippen LogP contribution in [-0.4, -0.2) is 10.2 Å². The Labute approximate surface area is 91.4 Å². The Balaban J connectivity index is 2.17. The van der Waals surface area contributed by atoms with Crippen molar-refractivity contribution in [2.75, 3.05) is 0 Å². The molecular weight excluding hydrogens is 186 g/mol. The van der Waals surface area contributed by atoms with E-state index in [1.807, 2.05) is 0 Å². The first kappa shape index (κ1) is 10.7. The van der Waals surface area contributed by atoms with Gasteiger partial charge in [0.25, 0.3) is 0 Å². The number of hydrogen-bond donors (Lipinski definition) is 2. The summed E-state index contributed by atoms with van der Waals surface area (Å²) in [5.41, 5.74) is 10.0. The molecule has 0 unspecified atom stereocenters. The van der Waals surface area contributed by atoms with E-state index in [-0.39, 0.29) is 6.04 Å². The van der Waals surface area contributed by atoms with E-state index in [2.05, 4.69) is 24.0 Å². The minimum atomic E-state index is 0.114. The summed E-state index contributed by atoms with van der Waals surface area (Å²) in [6.07, 6.45) is 5.91. The average Bonchev–Trinajstić information content (AvgIpc) is 2.59. The first-order valence-corrected chi connectivity index (χ1v) is 6.00. The van der Waals surface area contributed by atoms with Crippen molar-refractivity contribution in [1.82, 2.24) is 10.2 Å². The molecule has 0 radical (unpaired) electrons. The molecule has 3 heteroatoms. The molecule has 2 rings (SSSR count). The number of rotatable bonds is 3. The zero-order valence-electron chi connectivity index (χ0n) is 9.71. The van der Waals surface area contributed by atoms with Crippen molar-refractivity contribution in [3.8, 4) is 0 Å². The van der Waals surface area contributed by atoms with Gasteiger partial charge in [0.2, 0.25) is 0 Å². The zero-order valence-corrected chi connectivity index (χ0v) is 9.71. The molecule has 1 aromatic rings. The molecule has 1 aliphatic carbocycles. The van der Waals surface area contributed by atoms with Gasteiger partial charge >= 0.3 is 0 Å². The summed E-state index contributed by atoms with van der Waals surface area (Å²) in [7, 11) is 0. The molecule has 1 heterocycles. The first-order chi connectivity index (χ1) is 7.18. The summed E-state index contributed by atoms with van der Waals surface area (Å²) >= 11 is 0. The Morgan fingerprint density at radius 3 is 2.80 bits per heavy atom. The van der Waals surface area contributed by atoms with Crippen molar-refractivity contribution in [2.45, 2.75) is 52.0 Å². The Morgan fingerprint density at radius 1 is 1.33 bits per heavy atom. The number of aromatic nitrogens is 2. The maximum Gasteiger partial charge on any atom is 0.0824 e. The van der Waals surface area contributed by atoms with Crippen LogP contribution in [-0.2, 0) is 12.8 Å². The molecule has 0 saturated heterocycles. The number of nitrogens with one attached hydrogen (secondary N) is 1. The highest BCUT2D eigenvalue weighted by atomic mass is 15.1. The Bertz CT molecular complexity index is 328. The third-order valence-electron chi connectivity index (χ3n) is 3.16. The Morgan fingerprint density at radius 2 is 2.07 bits per heavy atom. The van der Waals surface area contributed by atoms with Crippen LogP contribution in [0.1, 0.15) is 56.1 Å². The molecule has 0 bridgehead atoms. The van der Waals surface area contributed by atoms with Gasteiger partial charge < -0.3 is 5.73 Å². The molecule has 0 saturated carbocycles. The third kappa shape index (κ3) is 2.23. The average molecular weight is 207 g/mol. The molecule has 1 atom stereocenters. The summed E-state index contributed by atoms with van der Waals surface area (Å²) < 4.78 is 0. The summed E-state index contributed by atoms with van der Waals surface area (Å²) in [6, 6.07) is 0.114. The number of nitrogens with two attached hydrogens (primary N) is 1. The van der Waals surface area contributed by atoms with Crippen molar-refractivity contribution in [1.29, 1.82) is 0 Å². The number of nitrogens with zero attached hydrogens (tertiary/aromatic N) is 1. The molecule has 3 N–H and O–H groups in total. The highest BCUT2D eigenvalue weighted by molar-refractivity contribution is 5.29. The van der Waals surface area contributed by atoms with E-state index in [9.17, 15) is 0 Å². The van der Waals surface area contributed by atoms with Crippen LogP contribution in [0.4, 0.5) is 0 Å². The predicted octanol–water partition coefficient (Wildman–Crippen LogP) is 2.33. The normalized spacial score (nSPS) is 17.9. The second-order valence-electron chi connectivity index (χ2n) is 5.01. The van der Waals surface area contributed by atoms with Crippen LogP contribution < -0.4 is 5.73 Å². The molecule has 1 aliphatic rings. The number of hydrogen-bond acceptors (Lipinski definition) is 2. The maximum atomic E-state index is 6.18. The van der Waals surface area contributed by atoms with E-state index in [1.54, 1.807) is 0 Å². The van der Waals surface area contributed by atoms with E-state index >= 15 is 0 Å². The van der Waals surface area contributed by atoms with Crippen molar-refractivity contribution < 1.29 is 0 Å². The summed E-state index contributed by atoms with van der Waals surface area (Å²) in [5.74, 6) is 0.635. The fourth-order valence-electron chi connectivity index (χ4n) is 2.43. The van der Waals surface area contributed by atoms with Gasteiger partial charge in [0.05, 0.1) is 5.69 Å². The smallest absolute Gasteiger partial charge is 0.0824 e. The van der Waals surface area contributed by atoms with Gasteiger partial charge in [0.1, 0.15) is 0 Å². The van der Waals surface area contributed by atoms with Crippen LogP contribution in [0.15, 0.2) is 0 Å². The number of aryl methyl sites for hydroxylation is 1. The quantitative estimate of drug-likeness (QED) is 0.799. The number of H-pyrrole nitrogens is 1. The molecule has 1 aromatic heterocycles. The molecule has 3 nitrogen and oxygen atoms in total. The summed E-state index contributed by atoms with van der Waals surface area (Å²) in [6.45, 7) is 4.41. The SMILES string of the molecule is CC(C)C[C@@H](N)c1n[nH]c2c1CCCC2. The largest absolute Gasteiger partial charge is 0.323 e. The lowest BCUT2D eigenvalue weighted by Crippen LogP contribution is -2.16. The standard InChI is InChI=1S/C12H21N3/c1-8(2)7-10(13)12-9-5-3-4-6-11(9)14-15-12/h8,10H,3-7,13H2,1-2H3,(H,14,15)/t10-/m1/s1. The van der Waals surface area contributed by atoms with Crippen molar-refractivity contribution in [2.24, 2.45) is 11.7 Å². The second-order valence-corrected chi connectivity index (χ2v) is 5.01. The van der Waals surface area contributed by atoms with E-state index in [0.717, 1.165) is 25.0 Å². The fourth-order valence-corrected chi connectivity index (χ4v) is 2.43. The predicted molar refractivity (Wildman–Crippen MR) is 61.6 cm³/mol. The van der Waals surface area contributed by atoms with Gasteiger partial charge in [-0.1, -0.05) is 13.8 Å². The van der Waals surface area contributed by atoms with Crippen LogP contribution in [0.3, 0.4) is 0 Å². The van der Waals surface area contributed by atoms with Crippen LogP contribution >= 0.6 is 0 Å². The first-order valence-electron chi connectivity index (χ1n) is 6.00. The van der Waals surface area contributed by atoms with Crippen molar-refractivity contribution in [3.05, 3.63) is 17.0 Å². The van der Waals surface area contributed by atoms with Crippen molar-refractivity contribution >= 4 is 0 Å². The maximum absolute atomic E-state index is 6.18. The van der Waals surface area contributed by atoms with Gasteiger partial charge in [-0.3, -0.25) is 5.10 Å². The molecule has 0 aromatic carbocycles. The van der Waals surface area contributed by atoms with E-state index in [4.69, 9.17) is 5.73 Å². The zero-order chi connectivity index (χ0) is 10.8. The minimum Gasteiger partial charge on any atom is -0.323 e. The van der Waals surface area contributed by atoms with Gasteiger partial charge in [-0.25, -0.2) is 0 Å². The van der Waals surface area contributed by atoms with Gasteiger partial charge in [-0.2, -0.15) is 5.10 Å². The summed E-state index contributed by atoms with van der Waals surface area (Å²) in [5, 5.41) is 7.55. The molecule has 0 spiro atoms. The van der Waals surface area contributed by atoms with E-state index in [0.29, 0.717) is 5.92 Å². The minimum absolute atomic E-state index is 0.114. The lowest BCUT2D eigenvalue weighted by Gasteiger charge is -2.16. The monoisotopic (exact) mass is 207 g/mol. The molecule has 15 heavy (non-hydrogen) atoms. The third-order valence-corrected chi connectivity index (χ3v) is 3.16. The van der Waals surface area contributed by atoms with Crippen LogP contribution in [0.25, 0.3) is 0 Å². The van der Waals surface area contributed by atoms with Gasteiger partial charge in [0.15, 0.2) is 0 Å². The Kier molecular flexibility index (Phi) is 3.10. The number of aromatic amines is 1. The second kappa shape index (κ2) is 4.35. The van der Waals surface area contributed by atoms with Gasteiger partial charge in [0, 0.05) is 11.7 Å². The fraction of sp³-hybridized carbons (Fsp3) is 0.750. The summed E-state index contributed by atoms with van der Waals surface area (Å²) in [4.78, 5) is 0. The topological polar surface area (TPSA) is 54.7 Å². The highest BCUT2D eigenvalue weighted by Crippen LogP contribution is 2.27. The molecular formula is C12H21N3. The molecule has 0 fully saturated rings. The lowest BCUT2D eigenvalue weighted by molar-refractivity contribution is 0.498. The molecule has 0 aliphatic heterocycles. The van der Waals surface area contributed by atoms with E-state index in [1.165, 1.54) is 24.1 Å². The van der Waals surface area contributed by atoms with Crippen LogP contribution in [0.2, 0.25) is 0 Å². The molecule has 0 amide bonds. The van der Waals surface area contributed by atoms with Crippen LogP contribution in [0, 0.1) is 5.92 Å². The number of fused-ring (bicyclic) bond motifs is 1. The van der Waals surface area contributed by atoms with Gasteiger partial charge in [-0.05, 0) is 43.6 Å². The highest BCUT2D eigenvalue weighted by Gasteiger charge is 2.21. The van der Waals surface area contributed by atoms with Crippen molar-refractivity contribution in [3.63, 3.8) is 0 Å². The van der Waals surface area contributed by atoms with Crippen LogP contribution in [0.5, 0.6) is 0 Å². The van der Waals surface area contributed by atoms with Gasteiger partial charge in [-0.15, -0.1) is 0 Å². The molecule has 84 valence electrons. The van der Waals surface area contributed by atoms with E-state index < -0.39 is 0 Å².